The fourth-order valence-corrected chi connectivity index (χ4v) is 3.23. The summed E-state index contributed by atoms with van der Waals surface area (Å²) < 4.78 is 4.86. The smallest absolute Gasteiger partial charge is 0.327 e. The van der Waals surface area contributed by atoms with Gasteiger partial charge in [-0.2, -0.15) is 5.10 Å². The summed E-state index contributed by atoms with van der Waals surface area (Å²) in [4.78, 5) is 11.3. The van der Waals surface area contributed by atoms with E-state index in [1.165, 1.54) is 24.0 Å². The number of nitrogens with two attached hydrogens (primary N) is 1. The van der Waals surface area contributed by atoms with E-state index in [9.17, 15) is 4.79 Å². The first-order valence-electron chi connectivity index (χ1n) is 8.39. The van der Waals surface area contributed by atoms with Crippen molar-refractivity contribution in [2.45, 2.75) is 45.4 Å². The molecule has 23 heavy (non-hydrogen) atoms. The number of nitrogen functional groups attached to an aromatic ring is 1. The van der Waals surface area contributed by atoms with Crippen molar-refractivity contribution in [2.75, 3.05) is 18.9 Å². The van der Waals surface area contributed by atoms with E-state index in [4.69, 9.17) is 10.5 Å². The molecule has 3 N–H and O–H groups in total. The zero-order valence-electron chi connectivity index (χ0n) is 14.0. The molecule has 0 amide bonds. The molecule has 2 atom stereocenters. The van der Waals surface area contributed by atoms with Crippen molar-refractivity contribution in [3.8, 4) is 0 Å². The Morgan fingerprint density at radius 3 is 2.96 bits per heavy atom. The standard InChI is InChI=1S/C18H27N3O2/c1-3-23-18(22)12-21-20-11-14-6-4-5-7-15(14)16-9-8-13(2)10-17(16)19/h8-11,14-15,21H,3-7,12,19H2,1-2H3. The van der Waals surface area contributed by atoms with Crippen molar-refractivity contribution >= 4 is 17.9 Å². The highest BCUT2D eigenvalue weighted by Gasteiger charge is 2.26. The second-order valence-electron chi connectivity index (χ2n) is 6.11. The van der Waals surface area contributed by atoms with Crippen LogP contribution in [0.5, 0.6) is 0 Å². The third-order valence-corrected chi connectivity index (χ3v) is 4.35. The Morgan fingerprint density at radius 1 is 1.43 bits per heavy atom. The highest BCUT2D eigenvalue weighted by Crippen LogP contribution is 2.39. The fourth-order valence-electron chi connectivity index (χ4n) is 3.23. The largest absolute Gasteiger partial charge is 0.465 e. The average molecular weight is 317 g/mol. The number of hydrogen-bond acceptors (Lipinski definition) is 5. The van der Waals surface area contributed by atoms with Gasteiger partial charge in [-0.1, -0.05) is 25.0 Å². The van der Waals surface area contributed by atoms with Gasteiger partial charge in [0.2, 0.25) is 0 Å². The quantitative estimate of drug-likeness (QED) is 0.366. The number of hydrazone groups is 1. The Kier molecular flexibility index (Phi) is 6.44. The summed E-state index contributed by atoms with van der Waals surface area (Å²) >= 11 is 0. The van der Waals surface area contributed by atoms with Crippen molar-refractivity contribution in [3.63, 3.8) is 0 Å². The highest BCUT2D eigenvalue weighted by atomic mass is 16.5. The van der Waals surface area contributed by atoms with Crippen molar-refractivity contribution in [1.82, 2.24) is 5.43 Å². The lowest BCUT2D eigenvalue weighted by molar-refractivity contribution is -0.141. The monoisotopic (exact) mass is 317 g/mol. The van der Waals surface area contributed by atoms with E-state index in [0.717, 1.165) is 18.5 Å². The molecule has 0 spiro atoms. The van der Waals surface area contributed by atoms with Gasteiger partial charge in [0.1, 0.15) is 6.54 Å². The molecular formula is C18H27N3O2. The summed E-state index contributed by atoms with van der Waals surface area (Å²) in [6.07, 6.45) is 6.59. The number of nitrogens with zero attached hydrogens (tertiary/aromatic N) is 1. The lowest BCUT2D eigenvalue weighted by Crippen LogP contribution is -2.24. The normalized spacial score (nSPS) is 21.3. The third kappa shape index (κ3) is 4.98. The Hall–Kier alpha value is -2.04. The van der Waals surface area contributed by atoms with Crippen LogP contribution in [0.25, 0.3) is 0 Å². The predicted molar refractivity (Wildman–Crippen MR) is 93.4 cm³/mol. The molecule has 0 bridgehead atoms. The van der Waals surface area contributed by atoms with Crippen LogP contribution in [0.3, 0.4) is 0 Å². The number of nitrogens with one attached hydrogen (secondary N) is 1. The van der Waals surface area contributed by atoms with Gasteiger partial charge in [-0.15, -0.1) is 0 Å². The van der Waals surface area contributed by atoms with E-state index in [2.05, 4.69) is 29.6 Å². The van der Waals surface area contributed by atoms with Crippen LogP contribution in [0.2, 0.25) is 0 Å². The van der Waals surface area contributed by atoms with Crippen molar-refractivity contribution in [3.05, 3.63) is 29.3 Å². The number of esters is 1. The van der Waals surface area contributed by atoms with Crippen LogP contribution in [0.1, 0.15) is 49.7 Å². The second kappa shape index (κ2) is 8.56. The molecule has 1 aromatic carbocycles. The van der Waals surface area contributed by atoms with Crippen LogP contribution in [0.4, 0.5) is 5.69 Å². The minimum atomic E-state index is -0.285. The Balaban J connectivity index is 1.99. The van der Waals surface area contributed by atoms with Crippen LogP contribution in [-0.2, 0) is 9.53 Å². The Morgan fingerprint density at radius 2 is 2.22 bits per heavy atom. The lowest BCUT2D eigenvalue weighted by Gasteiger charge is -2.30. The van der Waals surface area contributed by atoms with Gasteiger partial charge in [0.15, 0.2) is 0 Å². The van der Waals surface area contributed by atoms with Crippen LogP contribution >= 0.6 is 0 Å². The summed E-state index contributed by atoms with van der Waals surface area (Å²) in [6.45, 7) is 4.34. The Labute approximate surface area is 138 Å². The number of benzene rings is 1. The molecular weight excluding hydrogens is 290 g/mol. The Bertz CT molecular complexity index is 557. The molecule has 0 radical (unpaired) electrons. The summed E-state index contributed by atoms with van der Waals surface area (Å²) in [7, 11) is 0. The molecule has 0 aliphatic heterocycles. The zero-order valence-corrected chi connectivity index (χ0v) is 14.0. The number of hydrogen-bond donors (Lipinski definition) is 2. The SMILES string of the molecule is CCOC(=O)CNN=CC1CCCCC1c1ccc(C)cc1N. The predicted octanol–water partition coefficient (Wildman–Crippen LogP) is 2.99. The molecule has 1 aliphatic carbocycles. The first kappa shape index (κ1) is 17.3. The number of carbonyl (C=O) groups excluding carboxylic acids is 1. The molecule has 2 unspecified atom stereocenters. The van der Waals surface area contributed by atoms with Crippen LogP contribution in [-0.4, -0.2) is 25.3 Å². The van der Waals surface area contributed by atoms with Crippen LogP contribution < -0.4 is 11.2 Å². The summed E-state index contributed by atoms with van der Waals surface area (Å²) in [5.74, 6) is 0.466. The first-order chi connectivity index (χ1) is 11.1. The maximum atomic E-state index is 11.3. The number of ether oxygens (including phenoxy) is 1. The molecule has 126 valence electrons. The van der Waals surface area contributed by atoms with Gasteiger partial charge >= 0.3 is 5.97 Å². The van der Waals surface area contributed by atoms with E-state index in [0.29, 0.717) is 18.4 Å². The van der Waals surface area contributed by atoms with Crippen LogP contribution in [0.15, 0.2) is 23.3 Å². The van der Waals surface area contributed by atoms with Gasteiger partial charge in [0, 0.05) is 17.8 Å². The van der Waals surface area contributed by atoms with E-state index in [1.54, 1.807) is 6.92 Å². The van der Waals surface area contributed by atoms with Gasteiger partial charge in [-0.05, 0) is 49.8 Å². The topological polar surface area (TPSA) is 76.7 Å². The molecule has 1 aliphatic rings. The molecule has 5 heteroatoms. The molecule has 0 aromatic heterocycles. The lowest BCUT2D eigenvalue weighted by atomic mass is 9.75. The average Bonchev–Trinajstić information content (AvgIpc) is 2.52. The second-order valence-corrected chi connectivity index (χ2v) is 6.11. The molecule has 1 saturated carbocycles. The molecule has 0 saturated heterocycles. The number of carbonyl (C=O) groups is 1. The maximum absolute atomic E-state index is 11.3. The molecule has 1 fully saturated rings. The van der Waals surface area contributed by atoms with Gasteiger partial charge in [0.25, 0.3) is 0 Å². The van der Waals surface area contributed by atoms with Crippen molar-refractivity contribution < 1.29 is 9.53 Å². The summed E-state index contributed by atoms with van der Waals surface area (Å²) in [6, 6.07) is 6.30. The van der Waals surface area contributed by atoms with Gasteiger partial charge < -0.3 is 10.5 Å². The van der Waals surface area contributed by atoms with Crippen molar-refractivity contribution in [1.29, 1.82) is 0 Å². The van der Waals surface area contributed by atoms with Crippen molar-refractivity contribution in [2.24, 2.45) is 11.0 Å². The van der Waals surface area contributed by atoms with Gasteiger partial charge in [0.05, 0.1) is 6.61 Å². The van der Waals surface area contributed by atoms with Gasteiger partial charge in [-0.3, -0.25) is 10.2 Å². The van der Waals surface area contributed by atoms with E-state index >= 15 is 0 Å². The van der Waals surface area contributed by atoms with E-state index in [1.807, 2.05) is 12.3 Å². The summed E-state index contributed by atoms with van der Waals surface area (Å²) in [5, 5.41) is 4.22. The van der Waals surface area contributed by atoms with E-state index in [-0.39, 0.29) is 12.5 Å². The number of aryl methyl sites for hydroxylation is 1. The first-order valence-corrected chi connectivity index (χ1v) is 8.39. The maximum Gasteiger partial charge on any atom is 0.327 e. The van der Waals surface area contributed by atoms with E-state index < -0.39 is 0 Å². The van der Waals surface area contributed by atoms with Gasteiger partial charge in [-0.25, -0.2) is 0 Å². The zero-order chi connectivity index (χ0) is 16.7. The number of anilines is 1. The molecule has 1 aromatic rings. The minimum absolute atomic E-state index is 0.106. The molecule has 5 nitrogen and oxygen atoms in total. The fraction of sp³-hybridized carbons (Fsp3) is 0.556. The summed E-state index contributed by atoms with van der Waals surface area (Å²) in [5.41, 5.74) is 12.3. The number of rotatable bonds is 6. The third-order valence-electron chi connectivity index (χ3n) is 4.35. The molecule has 2 rings (SSSR count). The minimum Gasteiger partial charge on any atom is -0.465 e. The molecule has 0 heterocycles. The highest BCUT2D eigenvalue weighted by molar-refractivity contribution is 5.72. The van der Waals surface area contributed by atoms with Crippen LogP contribution in [0, 0.1) is 12.8 Å².